The van der Waals surface area contributed by atoms with Crippen LogP contribution >= 0.6 is 0 Å². The van der Waals surface area contributed by atoms with Gasteiger partial charge in [-0.2, -0.15) is 0 Å². The van der Waals surface area contributed by atoms with Gasteiger partial charge in [0.1, 0.15) is 6.04 Å². The minimum atomic E-state index is -0.753. The van der Waals surface area contributed by atoms with Crippen molar-refractivity contribution < 1.29 is 14.4 Å². The van der Waals surface area contributed by atoms with Gasteiger partial charge >= 0.3 is 0 Å². The molecule has 3 aromatic carbocycles. The van der Waals surface area contributed by atoms with Crippen LogP contribution in [0.5, 0.6) is 0 Å². The Morgan fingerprint density at radius 2 is 1.33 bits per heavy atom. The Morgan fingerprint density at radius 3 is 1.94 bits per heavy atom. The van der Waals surface area contributed by atoms with Crippen molar-refractivity contribution >= 4 is 23.4 Å². The number of benzene rings is 3. The maximum atomic E-state index is 13.1. The van der Waals surface area contributed by atoms with E-state index in [0.29, 0.717) is 17.7 Å². The molecule has 1 atom stereocenters. The van der Waals surface area contributed by atoms with Crippen molar-refractivity contribution in [2.75, 3.05) is 5.32 Å². The lowest BCUT2D eigenvalue weighted by Crippen LogP contribution is -2.45. The summed E-state index contributed by atoms with van der Waals surface area (Å²) in [5.41, 5.74) is 2.88. The molecule has 0 radical (unpaired) electrons. The Bertz CT molecular complexity index is 1060. The zero-order valence-electron chi connectivity index (χ0n) is 18.9. The van der Waals surface area contributed by atoms with Crippen molar-refractivity contribution in [3.63, 3.8) is 0 Å². The average molecular weight is 444 g/mol. The Labute approximate surface area is 194 Å². The van der Waals surface area contributed by atoms with Crippen molar-refractivity contribution in [2.24, 2.45) is 0 Å². The van der Waals surface area contributed by atoms with Gasteiger partial charge in [-0.15, -0.1) is 0 Å². The maximum Gasteiger partial charge on any atom is 0.251 e. The van der Waals surface area contributed by atoms with Gasteiger partial charge < -0.3 is 16.0 Å². The van der Waals surface area contributed by atoms with Crippen LogP contribution in [0.1, 0.15) is 35.3 Å². The number of carbonyl (C=O) groups excluding carboxylic acids is 3. The van der Waals surface area contributed by atoms with E-state index in [9.17, 15) is 14.4 Å². The number of rotatable bonds is 9. The van der Waals surface area contributed by atoms with E-state index in [4.69, 9.17) is 0 Å². The van der Waals surface area contributed by atoms with E-state index in [2.05, 4.69) is 16.0 Å². The number of amides is 3. The van der Waals surface area contributed by atoms with Crippen LogP contribution in [0, 0.1) is 0 Å². The summed E-state index contributed by atoms with van der Waals surface area (Å²) in [6.07, 6.45) is 0.634. The number of hydrogen-bond acceptors (Lipinski definition) is 3. The minimum absolute atomic E-state index is 0.0478. The quantitative estimate of drug-likeness (QED) is 0.471. The molecule has 0 aliphatic carbocycles. The lowest BCUT2D eigenvalue weighted by atomic mass is 10.0. The molecule has 0 spiro atoms. The molecule has 0 aromatic heterocycles. The summed E-state index contributed by atoms with van der Waals surface area (Å²) in [4.78, 5) is 37.7. The number of carbonyl (C=O) groups is 3. The van der Waals surface area contributed by atoms with Crippen molar-refractivity contribution in [2.45, 2.75) is 38.8 Å². The molecule has 0 bridgehead atoms. The van der Waals surface area contributed by atoms with Crippen LogP contribution < -0.4 is 16.0 Å². The highest BCUT2D eigenvalue weighted by Gasteiger charge is 2.22. The third-order valence-electron chi connectivity index (χ3n) is 4.98. The first-order valence-corrected chi connectivity index (χ1v) is 11.0. The fourth-order valence-electron chi connectivity index (χ4n) is 3.38. The molecule has 33 heavy (non-hydrogen) atoms. The Morgan fingerprint density at radius 1 is 0.727 bits per heavy atom. The summed E-state index contributed by atoms with van der Waals surface area (Å²) < 4.78 is 0. The molecule has 3 N–H and O–H groups in total. The maximum absolute atomic E-state index is 13.1. The van der Waals surface area contributed by atoms with Crippen molar-refractivity contribution in [3.05, 3.63) is 102 Å². The van der Waals surface area contributed by atoms with Gasteiger partial charge in [-0.1, -0.05) is 60.7 Å². The van der Waals surface area contributed by atoms with Crippen LogP contribution in [0.3, 0.4) is 0 Å². The third kappa shape index (κ3) is 7.61. The van der Waals surface area contributed by atoms with Crippen molar-refractivity contribution in [1.82, 2.24) is 10.6 Å². The summed E-state index contributed by atoms with van der Waals surface area (Å²) in [5, 5.41) is 8.59. The van der Waals surface area contributed by atoms with E-state index in [1.807, 2.05) is 62.4 Å². The summed E-state index contributed by atoms with van der Waals surface area (Å²) in [6, 6.07) is 24.8. The monoisotopic (exact) mass is 443 g/mol. The predicted octanol–water partition coefficient (Wildman–Crippen LogP) is 3.73. The first kappa shape index (κ1) is 23.7. The Balaban J connectivity index is 1.68. The van der Waals surface area contributed by atoms with Crippen LogP contribution in [0.2, 0.25) is 0 Å². The smallest absolute Gasteiger partial charge is 0.251 e. The molecule has 0 saturated heterocycles. The van der Waals surface area contributed by atoms with Crippen LogP contribution in [0.15, 0.2) is 84.9 Å². The molecule has 6 nitrogen and oxygen atoms in total. The standard InChI is InChI=1S/C27H29N3O3/c1-19(2)28-25(31)18-21-13-15-23(16-14-21)29-27(33)24(17-20-9-5-3-6-10-20)30-26(32)22-11-7-4-8-12-22/h3-16,19,24H,17-18H2,1-2H3,(H,28,31)(H,29,33)(H,30,32). The Kier molecular flexibility index (Phi) is 8.36. The molecular formula is C27H29N3O3. The molecule has 3 amide bonds. The van der Waals surface area contributed by atoms with Gasteiger partial charge in [0, 0.05) is 23.7 Å². The summed E-state index contributed by atoms with van der Waals surface area (Å²) in [5.74, 6) is -0.667. The van der Waals surface area contributed by atoms with Gasteiger partial charge in [-0.3, -0.25) is 14.4 Å². The molecule has 0 aliphatic heterocycles. The van der Waals surface area contributed by atoms with E-state index < -0.39 is 6.04 Å². The molecule has 3 rings (SSSR count). The first-order chi connectivity index (χ1) is 15.9. The first-order valence-electron chi connectivity index (χ1n) is 11.0. The molecule has 6 heteroatoms. The van der Waals surface area contributed by atoms with E-state index >= 15 is 0 Å². The SMILES string of the molecule is CC(C)NC(=O)Cc1ccc(NC(=O)C(Cc2ccccc2)NC(=O)c2ccccc2)cc1. The number of hydrogen-bond donors (Lipinski definition) is 3. The highest BCUT2D eigenvalue weighted by molar-refractivity contribution is 6.01. The Hall–Kier alpha value is -3.93. The summed E-state index contributed by atoms with van der Waals surface area (Å²) in [6.45, 7) is 3.83. The molecule has 1 unspecified atom stereocenters. The van der Waals surface area contributed by atoms with E-state index in [-0.39, 0.29) is 30.2 Å². The number of nitrogens with one attached hydrogen (secondary N) is 3. The summed E-state index contributed by atoms with van der Waals surface area (Å²) >= 11 is 0. The molecule has 0 heterocycles. The predicted molar refractivity (Wildman–Crippen MR) is 130 cm³/mol. The molecule has 170 valence electrons. The van der Waals surface area contributed by atoms with Crippen LogP contribution in [-0.2, 0) is 22.4 Å². The van der Waals surface area contributed by atoms with Gasteiger partial charge in [-0.05, 0) is 49.2 Å². The normalized spacial score (nSPS) is 11.5. The van der Waals surface area contributed by atoms with Gasteiger partial charge in [0.25, 0.3) is 5.91 Å². The second-order valence-corrected chi connectivity index (χ2v) is 8.17. The molecule has 3 aromatic rings. The van der Waals surface area contributed by atoms with E-state index in [1.54, 1.807) is 36.4 Å². The van der Waals surface area contributed by atoms with Gasteiger partial charge in [-0.25, -0.2) is 0 Å². The molecule has 0 fully saturated rings. The molecule has 0 saturated carbocycles. The van der Waals surface area contributed by atoms with Gasteiger partial charge in [0.2, 0.25) is 11.8 Å². The van der Waals surface area contributed by atoms with E-state index in [0.717, 1.165) is 11.1 Å². The lowest BCUT2D eigenvalue weighted by molar-refractivity contribution is -0.121. The minimum Gasteiger partial charge on any atom is -0.354 e. The van der Waals surface area contributed by atoms with E-state index in [1.165, 1.54) is 0 Å². The largest absolute Gasteiger partial charge is 0.354 e. The van der Waals surface area contributed by atoms with Gasteiger partial charge in [0.05, 0.1) is 6.42 Å². The number of anilines is 1. The van der Waals surface area contributed by atoms with Crippen LogP contribution in [-0.4, -0.2) is 29.8 Å². The zero-order valence-corrected chi connectivity index (χ0v) is 18.9. The van der Waals surface area contributed by atoms with Crippen molar-refractivity contribution in [1.29, 1.82) is 0 Å². The van der Waals surface area contributed by atoms with Crippen LogP contribution in [0.25, 0.3) is 0 Å². The topological polar surface area (TPSA) is 87.3 Å². The highest BCUT2D eigenvalue weighted by atomic mass is 16.2. The lowest BCUT2D eigenvalue weighted by Gasteiger charge is -2.19. The van der Waals surface area contributed by atoms with Crippen LogP contribution in [0.4, 0.5) is 5.69 Å². The fraction of sp³-hybridized carbons (Fsp3) is 0.222. The highest BCUT2D eigenvalue weighted by Crippen LogP contribution is 2.13. The second kappa shape index (κ2) is 11.6. The van der Waals surface area contributed by atoms with Gasteiger partial charge in [0.15, 0.2) is 0 Å². The molecule has 0 aliphatic rings. The zero-order chi connectivity index (χ0) is 23.6. The third-order valence-corrected chi connectivity index (χ3v) is 4.98. The molecular weight excluding hydrogens is 414 g/mol. The fourth-order valence-corrected chi connectivity index (χ4v) is 3.38. The van der Waals surface area contributed by atoms with Crippen molar-refractivity contribution in [3.8, 4) is 0 Å². The summed E-state index contributed by atoms with van der Waals surface area (Å²) in [7, 11) is 0. The average Bonchev–Trinajstić information content (AvgIpc) is 2.80. The second-order valence-electron chi connectivity index (χ2n) is 8.17.